The van der Waals surface area contributed by atoms with Gasteiger partial charge in [-0.3, -0.25) is 9.59 Å². The van der Waals surface area contributed by atoms with Gasteiger partial charge in [-0.2, -0.15) is 5.10 Å². The van der Waals surface area contributed by atoms with Gasteiger partial charge in [-0.25, -0.2) is 5.43 Å². The third-order valence-electron chi connectivity index (χ3n) is 3.31. The Labute approximate surface area is 149 Å². The van der Waals surface area contributed by atoms with Crippen molar-refractivity contribution in [1.29, 1.82) is 0 Å². The molecule has 25 heavy (non-hydrogen) atoms. The molecule has 0 atom stereocenters. The van der Waals surface area contributed by atoms with Crippen molar-refractivity contribution < 1.29 is 19.4 Å². The molecule has 0 saturated carbocycles. The number of ether oxygens (including phenoxy) is 1. The first-order valence-electron chi connectivity index (χ1n) is 7.19. The van der Waals surface area contributed by atoms with E-state index in [1.165, 1.54) is 25.5 Å². The monoisotopic (exact) mass is 361 g/mol. The maximum absolute atomic E-state index is 11.9. The van der Waals surface area contributed by atoms with E-state index in [4.69, 9.17) is 16.3 Å². The van der Waals surface area contributed by atoms with Gasteiger partial charge in [0, 0.05) is 10.7 Å². The number of hydrogen-bond acceptors (Lipinski definition) is 5. The maximum Gasteiger partial charge on any atom is 0.329 e. The van der Waals surface area contributed by atoms with Crippen LogP contribution in [0, 0.1) is 6.92 Å². The number of phenols is 1. The van der Waals surface area contributed by atoms with E-state index >= 15 is 0 Å². The molecular formula is C17H16ClN3O4. The van der Waals surface area contributed by atoms with Gasteiger partial charge >= 0.3 is 11.8 Å². The Bertz CT molecular complexity index is 837. The number of rotatable bonds is 4. The minimum Gasteiger partial charge on any atom is -0.504 e. The van der Waals surface area contributed by atoms with Crippen LogP contribution in [0.5, 0.6) is 11.5 Å². The molecule has 8 heteroatoms. The molecule has 0 heterocycles. The lowest BCUT2D eigenvalue weighted by Gasteiger charge is -2.08. The third-order valence-corrected chi connectivity index (χ3v) is 3.72. The highest BCUT2D eigenvalue weighted by atomic mass is 35.5. The highest BCUT2D eigenvalue weighted by Crippen LogP contribution is 2.25. The summed E-state index contributed by atoms with van der Waals surface area (Å²) in [5, 5.41) is 16.1. The van der Waals surface area contributed by atoms with Crippen LogP contribution < -0.4 is 15.5 Å². The minimum atomic E-state index is -0.929. The topological polar surface area (TPSA) is 100 Å². The van der Waals surface area contributed by atoms with Crippen LogP contribution >= 0.6 is 11.6 Å². The summed E-state index contributed by atoms with van der Waals surface area (Å²) in [6.45, 7) is 1.73. The fraction of sp³-hybridized carbons (Fsp3) is 0.118. The number of nitrogens with one attached hydrogen (secondary N) is 2. The molecule has 7 nitrogen and oxygen atoms in total. The number of anilines is 1. The molecule has 0 spiro atoms. The first kappa shape index (κ1) is 18.3. The van der Waals surface area contributed by atoms with Crippen molar-refractivity contribution in [3.05, 3.63) is 52.5 Å². The molecule has 0 unspecified atom stereocenters. The van der Waals surface area contributed by atoms with E-state index in [9.17, 15) is 14.7 Å². The molecule has 2 aromatic carbocycles. The minimum absolute atomic E-state index is 0.0139. The number of hydrazone groups is 1. The molecule has 0 aliphatic rings. The first-order valence-corrected chi connectivity index (χ1v) is 7.56. The summed E-state index contributed by atoms with van der Waals surface area (Å²) in [7, 11) is 1.42. The largest absolute Gasteiger partial charge is 0.504 e. The van der Waals surface area contributed by atoms with Crippen molar-refractivity contribution in [2.24, 2.45) is 5.10 Å². The Hall–Kier alpha value is -3.06. The summed E-state index contributed by atoms with van der Waals surface area (Å²) in [4.78, 5) is 23.6. The lowest BCUT2D eigenvalue weighted by Crippen LogP contribution is -2.32. The van der Waals surface area contributed by atoms with Gasteiger partial charge in [-0.15, -0.1) is 0 Å². The lowest BCUT2D eigenvalue weighted by atomic mass is 10.2. The molecule has 0 saturated heterocycles. The van der Waals surface area contributed by atoms with Crippen LogP contribution in [0.25, 0.3) is 0 Å². The molecule has 0 bridgehead atoms. The van der Waals surface area contributed by atoms with Crippen LogP contribution in [0.3, 0.4) is 0 Å². The van der Waals surface area contributed by atoms with Crippen LogP contribution in [0.1, 0.15) is 11.1 Å². The SMILES string of the molecule is COc1cc(/C=N\NC(=O)C(=O)Nc2cccc(Cl)c2C)ccc1O. The van der Waals surface area contributed by atoms with Gasteiger partial charge in [-0.1, -0.05) is 17.7 Å². The van der Waals surface area contributed by atoms with Crippen LogP contribution in [-0.4, -0.2) is 30.2 Å². The Morgan fingerprint density at radius 2 is 2.00 bits per heavy atom. The van der Waals surface area contributed by atoms with Gasteiger partial charge in [0.2, 0.25) is 0 Å². The molecule has 2 aromatic rings. The van der Waals surface area contributed by atoms with Gasteiger partial charge in [-0.05, 0) is 48.4 Å². The number of amides is 2. The van der Waals surface area contributed by atoms with Crippen molar-refractivity contribution in [1.82, 2.24) is 5.43 Å². The van der Waals surface area contributed by atoms with Gasteiger partial charge in [0.05, 0.1) is 13.3 Å². The maximum atomic E-state index is 11.9. The number of carbonyl (C=O) groups is 2. The van der Waals surface area contributed by atoms with E-state index in [1.807, 2.05) is 0 Å². The Morgan fingerprint density at radius 1 is 1.24 bits per heavy atom. The Morgan fingerprint density at radius 3 is 2.72 bits per heavy atom. The first-order chi connectivity index (χ1) is 11.9. The van der Waals surface area contributed by atoms with E-state index < -0.39 is 11.8 Å². The van der Waals surface area contributed by atoms with Gasteiger partial charge in [0.15, 0.2) is 11.5 Å². The van der Waals surface area contributed by atoms with Crippen molar-refractivity contribution in [2.45, 2.75) is 6.92 Å². The normalized spacial score (nSPS) is 10.5. The Kier molecular flexibility index (Phi) is 5.97. The van der Waals surface area contributed by atoms with Crippen LogP contribution in [0.15, 0.2) is 41.5 Å². The van der Waals surface area contributed by atoms with Crippen molar-refractivity contribution in [3.8, 4) is 11.5 Å². The zero-order chi connectivity index (χ0) is 18.4. The average molecular weight is 362 g/mol. The summed E-state index contributed by atoms with van der Waals surface area (Å²) in [6.07, 6.45) is 1.32. The van der Waals surface area contributed by atoms with E-state index in [-0.39, 0.29) is 11.5 Å². The number of hydrogen-bond donors (Lipinski definition) is 3. The fourth-order valence-electron chi connectivity index (χ4n) is 1.91. The number of phenolic OH excluding ortho intramolecular Hbond substituents is 1. The zero-order valence-electron chi connectivity index (χ0n) is 13.5. The second kappa shape index (κ2) is 8.16. The summed E-state index contributed by atoms with van der Waals surface area (Å²) < 4.78 is 4.96. The molecule has 3 N–H and O–H groups in total. The second-order valence-corrected chi connectivity index (χ2v) is 5.40. The summed E-state index contributed by atoms with van der Waals surface area (Å²) in [6, 6.07) is 9.51. The number of nitrogens with zero attached hydrogens (tertiary/aromatic N) is 1. The second-order valence-electron chi connectivity index (χ2n) is 5.00. The summed E-state index contributed by atoms with van der Waals surface area (Å²) in [5.74, 6) is -1.54. The number of methoxy groups -OCH3 is 1. The number of halogens is 1. The van der Waals surface area contributed by atoms with Crippen molar-refractivity contribution in [2.75, 3.05) is 12.4 Å². The molecule has 0 fully saturated rings. The van der Waals surface area contributed by atoms with Gasteiger partial charge < -0.3 is 15.2 Å². The summed E-state index contributed by atoms with van der Waals surface area (Å²) in [5.41, 5.74) is 3.79. The predicted molar refractivity (Wildman–Crippen MR) is 95.2 cm³/mol. The molecule has 2 rings (SSSR count). The van der Waals surface area contributed by atoms with E-state index in [0.29, 0.717) is 21.8 Å². The van der Waals surface area contributed by atoms with E-state index in [1.54, 1.807) is 31.2 Å². The lowest BCUT2D eigenvalue weighted by molar-refractivity contribution is -0.136. The molecule has 0 aliphatic carbocycles. The fourth-order valence-corrected chi connectivity index (χ4v) is 2.09. The third kappa shape index (κ3) is 4.71. The molecular weight excluding hydrogens is 346 g/mol. The molecule has 130 valence electrons. The standard InChI is InChI=1S/C17H16ClN3O4/c1-10-12(18)4-3-5-13(10)20-16(23)17(24)21-19-9-11-6-7-14(22)15(8-11)25-2/h3-9,22H,1-2H3,(H,20,23)(H,21,24)/b19-9-. The zero-order valence-corrected chi connectivity index (χ0v) is 14.3. The van der Waals surface area contributed by atoms with Crippen molar-refractivity contribution in [3.63, 3.8) is 0 Å². The van der Waals surface area contributed by atoms with E-state index in [2.05, 4.69) is 15.8 Å². The van der Waals surface area contributed by atoms with Gasteiger partial charge in [0.1, 0.15) is 0 Å². The highest BCUT2D eigenvalue weighted by molar-refractivity contribution is 6.40. The van der Waals surface area contributed by atoms with Crippen LogP contribution in [-0.2, 0) is 9.59 Å². The Balaban J connectivity index is 1.97. The highest BCUT2D eigenvalue weighted by Gasteiger charge is 2.14. The number of carbonyl (C=O) groups excluding carboxylic acids is 2. The van der Waals surface area contributed by atoms with Crippen molar-refractivity contribution >= 4 is 35.3 Å². The summed E-state index contributed by atoms with van der Waals surface area (Å²) >= 11 is 5.96. The number of benzene rings is 2. The average Bonchev–Trinajstić information content (AvgIpc) is 2.60. The van der Waals surface area contributed by atoms with Gasteiger partial charge in [0.25, 0.3) is 0 Å². The van der Waals surface area contributed by atoms with Crippen LogP contribution in [0.2, 0.25) is 5.02 Å². The predicted octanol–water partition coefficient (Wildman–Crippen LogP) is 2.45. The molecule has 0 aromatic heterocycles. The molecule has 0 radical (unpaired) electrons. The van der Waals surface area contributed by atoms with E-state index in [0.717, 1.165) is 0 Å². The quantitative estimate of drug-likeness (QED) is 0.442. The number of aromatic hydroxyl groups is 1. The van der Waals surface area contributed by atoms with Crippen LogP contribution in [0.4, 0.5) is 5.69 Å². The smallest absolute Gasteiger partial charge is 0.329 e. The molecule has 2 amide bonds. The molecule has 0 aliphatic heterocycles.